The van der Waals surface area contributed by atoms with Crippen molar-refractivity contribution in [2.24, 2.45) is 5.41 Å². The van der Waals surface area contributed by atoms with E-state index in [2.05, 4.69) is 6.07 Å². The first kappa shape index (κ1) is 11.4. The van der Waals surface area contributed by atoms with Crippen molar-refractivity contribution in [2.45, 2.75) is 38.4 Å². The first-order chi connectivity index (χ1) is 6.68. The Morgan fingerprint density at radius 3 is 2.86 bits per heavy atom. The lowest BCUT2D eigenvalue weighted by Crippen LogP contribution is -2.30. The zero-order valence-electron chi connectivity index (χ0n) is 8.69. The van der Waals surface area contributed by atoms with Gasteiger partial charge in [-0.05, 0) is 12.8 Å². The number of hydrogen-bond donors (Lipinski definition) is 1. The zero-order valence-corrected chi connectivity index (χ0v) is 8.69. The Labute approximate surface area is 84.4 Å². The van der Waals surface area contributed by atoms with Crippen LogP contribution in [0.3, 0.4) is 0 Å². The van der Waals surface area contributed by atoms with Crippen LogP contribution in [0.15, 0.2) is 0 Å². The second-order valence-electron chi connectivity index (χ2n) is 3.78. The molecule has 0 aromatic carbocycles. The number of ether oxygens (including phenoxy) is 2. The molecule has 1 aliphatic carbocycles. The van der Waals surface area contributed by atoms with Crippen molar-refractivity contribution >= 4 is 0 Å². The Morgan fingerprint density at radius 1 is 1.64 bits per heavy atom. The Bertz CT molecular complexity index is 226. The fourth-order valence-corrected chi connectivity index (χ4v) is 2.05. The van der Waals surface area contributed by atoms with Gasteiger partial charge in [-0.25, -0.2) is 0 Å². The molecule has 0 bridgehead atoms. The van der Waals surface area contributed by atoms with Gasteiger partial charge in [0.2, 0.25) is 0 Å². The average Bonchev–Trinajstić information content (AvgIpc) is 2.52. The van der Waals surface area contributed by atoms with Gasteiger partial charge in [0, 0.05) is 13.5 Å². The molecule has 1 N–H and O–H groups in total. The van der Waals surface area contributed by atoms with E-state index in [-0.39, 0.29) is 12.9 Å². The highest BCUT2D eigenvalue weighted by Gasteiger charge is 2.47. The minimum Gasteiger partial charge on any atom is -0.393 e. The highest BCUT2D eigenvalue weighted by molar-refractivity contribution is 5.09. The van der Waals surface area contributed by atoms with Crippen molar-refractivity contribution in [3.8, 4) is 6.07 Å². The Morgan fingerprint density at radius 2 is 2.36 bits per heavy atom. The molecule has 3 atom stereocenters. The van der Waals surface area contributed by atoms with Gasteiger partial charge in [-0.1, -0.05) is 6.92 Å². The minimum atomic E-state index is -0.530. The van der Waals surface area contributed by atoms with Crippen LogP contribution in [0.25, 0.3) is 0 Å². The van der Waals surface area contributed by atoms with Crippen LogP contribution in [-0.2, 0) is 9.47 Å². The van der Waals surface area contributed by atoms with Gasteiger partial charge >= 0.3 is 0 Å². The van der Waals surface area contributed by atoms with Gasteiger partial charge in [0.25, 0.3) is 0 Å². The molecule has 4 nitrogen and oxygen atoms in total. The van der Waals surface area contributed by atoms with E-state index in [1.165, 1.54) is 0 Å². The van der Waals surface area contributed by atoms with Crippen molar-refractivity contribution in [1.82, 2.24) is 0 Å². The monoisotopic (exact) mass is 199 g/mol. The molecule has 0 spiro atoms. The van der Waals surface area contributed by atoms with E-state index in [1.54, 1.807) is 7.11 Å². The molecule has 14 heavy (non-hydrogen) atoms. The van der Waals surface area contributed by atoms with Crippen LogP contribution in [-0.4, -0.2) is 31.2 Å². The van der Waals surface area contributed by atoms with Crippen molar-refractivity contribution in [3.63, 3.8) is 0 Å². The van der Waals surface area contributed by atoms with E-state index in [1.807, 2.05) is 6.92 Å². The first-order valence-electron chi connectivity index (χ1n) is 4.88. The molecular formula is C10H17NO3. The van der Waals surface area contributed by atoms with Gasteiger partial charge in [-0.2, -0.15) is 5.26 Å². The van der Waals surface area contributed by atoms with Crippen LogP contribution in [0.4, 0.5) is 0 Å². The number of rotatable bonds is 4. The maximum atomic E-state index is 9.52. The standard InChI is InChI=1S/C10H17NO3/c1-3-10(6-11)5-8(12)4-9(10)14-7-13-2/h8-9,12H,3-5,7H2,1-2H3/t8-,9+,10+/m1/s1. The average molecular weight is 199 g/mol. The number of aliphatic hydroxyl groups is 1. The van der Waals surface area contributed by atoms with Crippen molar-refractivity contribution in [2.75, 3.05) is 13.9 Å². The highest BCUT2D eigenvalue weighted by atomic mass is 16.7. The molecule has 1 aliphatic rings. The summed E-state index contributed by atoms with van der Waals surface area (Å²) in [4.78, 5) is 0. The van der Waals surface area contributed by atoms with Gasteiger partial charge < -0.3 is 14.6 Å². The van der Waals surface area contributed by atoms with E-state index in [9.17, 15) is 5.11 Å². The van der Waals surface area contributed by atoms with Crippen LogP contribution in [0.5, 0.6) is 0 Å². The van der Waals surface area contributed by atoms with E-state index in [0.29, 0.717) is 19.3 Å². The summed E-state index contributed by atoms with van der Waals surface area (Å²) in [6.45, 7) is 2.13. The van der Waals surface area contributed by atoms with Crippen LogP contribution in [0.1, 0.15) is 26.2 Å². The first-order valence-corrected chi connectivity index (χ1v) is 4.88. The summed E-state index contributed by atoms with van der Waals surface area (Å²) >= 11 is 0. The molecule has 0 aromatic heterocycles. The molecule has 1 rings (SSSR count). The molecular weight excluding hydrogens is 182 g/mol. The minimum absolute atomic E-state index is 0.181. The molecule has 0 aliphatic heterocycles. The third kappa shape index (κ3) is 2.06. The lowest BCUT2D eigenvalue weighted by molar-refractivity contribution is -0.0974. The topological polar surface area (TPSA) is 62.5 Å². The quantitative estimate of drug-likeness (QED) is 0.687. The SMILES string of the molecule is CC[C@@]1(C#N)C[C@H](O)C[C@@H]1OCOC. The van der Waals surface area contributed by atoms with Gasteiger partial charge in [-0.3, -0.25) is 0 Å². The summed E-state index contributed by atoms with van der Waals surface area (Å²) < 4.78 is 10.2. The fraction of sp³-hybridized carbons (Fsp3) is 0.900. The second kappa shape index (κ2) is 4.74. The summed E-state index contributed by atoms with van der Waals surface area (Å²) in [5.74, 6) is 0. The number of aliphatic hydroxyl groups excluding tert-OH is 1. The van der Waals surface area contributed by atoms with Crippen molar-refractivity contribution < 1.29 is 14.6 Å². The summed E-state index contributed by atoms with van der Waals surface area (Å²) in [6.07, 6.45) is 1.12. The molecule has 0 heterocycles. The Hall–Kier alpha value is -0.630. The van der Waals surface area contributed by atoms with E-state index < -0.39 is 11.5 Å². The lowest BCUT2D eigenvalue weighted by Gasteiger charge is -2.26. The number of nitrogens with zero attached hydrogens (tertiary/aromatic N) is 1. The number of hydrogen-bond acceptors (Lipinski definition) is 4. The molecule has 1 fully saturated rings. The highest BCUT2D eigenvalue weighted by Crippen LogP contribution is 2.42. The molecule has 0 aromatic rings. The van der Waals surface area contributed by atoms with Crippen LogP contribution < -0.4 is 0 Å². The molecule has 1 saturated carbocycles. The lowest BCUT2D eigenvalue weighted by atomic mass is 9.83. The predicted octanol–water partition coefficient (Wildman–Crippen LogP) is 1.05. The maximum Gasteiger partial charge on any atom is 0.146 e. The van der Waals surface area contributed by atoms with Gasteiger partial charge in [0.05, 0.1) is 23.7 Å². The zero-order chi connectivity index (χ0) is 10.6. The predicted molar refractivity (Wildman–Crippen MR) is 50.3 cm³/mol. The smallest absolute Gasteiger partial charge is 0.146 e. The second-order valence-corrected chi connectivity index (χ2v) is 3.78. The maximum absolute atomic E-state index is 9.52. The summed E-state index contributed by atoms with van der Waals surface area (Å²) in [5.41, 5.74) is -0.530. The molecule has 0 radical (unpaired) electrons. The number of methoxy groups -OCH3 is 1. The summed E-state index contributed by atoms with van der Waals surface area (Å²) in [7, 11) is 1.55. The molecule has 4 heteroatoms. The molecule has 80 valence electrons. The van der Waals surface area contributed by atoms with Crippen LogP contribution >= 0.6 is 0 Å². The van der Waals surface area contributed by atoms with Crippen LogP contribution in [0, 0.1) is 16.7 Å². The van der Waals surface area contributed by atoms with Crippen LogP contribution in [0.2, 0.25) is 0 Å². The van der Waals surface area contributed by atoms with Crippen molar-refractivity contribution in [3.05, 3.63) is 0 Å². The van der Waals surface area contributed by atoms with E-state index >= 15 is 0 Å². The third-order valence-corrected chi connectivity index (χ3v) is 2.94. The van der Waals surface area contributed by atoms with E-state index in [4.69, 9.17) is 14.7 Å². The van der Waals surface area contributed by atoms with Gasteiger partial charge in [-0.15, -0.1) is 0 Å². The summed E-state index contributed by atoms with van der Waals surface area (Å²) in [6, 6.07) is 2.28. The number of nitriles is 1. The molecule has 0 saturated heterocycles. The Balaban J connectivity index is 2.66. The fourth-order valence-electron chi connectivity index (χ4n) is 2.05. The summed E-state index contributed by atoms with van der Waals surface area (Å²) in [5, 5.41) is 18.6. The molecule has 0 unspecified atom stereocenters. The largest absolute Gasteiger partial charge is 0.393 e. The van der Waals surface area contributed by atoms with Gasteiger partial charge in [0.15, 0.2) is 0 Å². The Kier molecular flexibility index (Phi) is 3.87. The normalized spacial score (nSPS) is 37.0. The molecule has 0 amide bonds. The van der Waals surface area contributed by atoms with E-state index in [0.717, 1.165) is 0 Å². The van der Waals surface area contributed by atoms with Crippen molar-refractivity contribution in [1.29, 1.82) is 5.26 Å². The van der Waals surface area contributed by atoms with Gasteiger partial charge in [0.1, 0.15) is 6.79 Å². The third-order valence-electron chi connectivity index (χ3n) is 2.94.